The molecule has 0 aliphatic rings. The number of aryl methyl sites for hydroxylation is 2. The zero-order chi connectivity index (χ0) is 18.2. The molecule has 24 heavy (non-hydrogen) atoms. The topological polar surface area (TPSA) is 84.2 Å². The summed E-state index contributed by atoms with van der Waals surface area (Å²) in [5, 5.41) is 16.3. The van der Waals surface area contributed by atoms with Gasteiger partial charge in [-0.25, -0.2) is 4.79 Å². The molecular weight excluding hydrogens is 306 g/mol. The van der Waals surface area contributed by atoms with E-state index in [2.05, 4.69) is 10.4 Å². The summed E-state index contributed by atoms with van der Waals surface area (Å²) in [5.41, 5.74) is 3.16. The molecule has 0 saturated carbocycles. The first-order chi connectivity index (χ1) is 11.0. The summed E-state index contributed by atoms with van der Waals surface area (Å²) >= 11 is 0. The SMILES string of the molecule is Cc1cc(C)c(C(=O)O)cc1NC(=O)c1cnn(C(C)(C)C)c1C. The van der Waals surface area contributed by atoms with Gasteiger partial charge in [-0.1, -0.05) is 6.07 Å². The second kappa shape index (κ2) is 6.11. The average molecular weight is 329 g/mol. The average Bonchev–Trinajstić information content (AvgIpc) is 2.83. The fourth-order valence-corrected chi connectivity index (χ4v) is 2.72. The summed E-state index contributed by atoms with van der Waals surface area (Å²) < 4.78 is 1.80. The van der Waals surface area contributed by atoms with E-state index in [0.29, 0.717) is 16.8 Å². The van der Waals surface area contributed by atoms with E-state index in [9.17, 15) is 14.7 Å². The van der Waals surface area contributed by atoms with Gasteiger partial charge in [0, 0.05) is 11.4 Å². The lowest BCUT2D eigenvalue weighted by Gasteiger charge is -2.21. The molecule has 1 heterocycles. The van der Waals surface area contributed by atoms with Gasteiger partial charge in [0.2, 0.25) is 0 Å². The number of rotatable bonds is 3. The Morgan fingerprint density at radius 3 is 2.21 bits per heavy atom. The Hall–Kier alpha value is -2.63. The van der Waals surface area contributed by atoms with Crippen molar-refractivity contribution in [3.63, 3.8) is 0 Å². The summed E-state index contributed by atoms with van der Waals surface area (Å²) in [5.74, 6) is -1.31. The van der Waals surface area contributed by atoms with Crippen LogP contribution in [0.4, 0.5) is 5.69 Å². The minimum atomic E-state index is -1.01. The summed E-state index contributed by atoms with van der Waals surface area (Å²) in [6, 6.07) is 3.25. The number of carboxylic acid groups (broad SMARTS) is 1. The van der Waals surface area contributed by atoms with E-state index in [1.807, 2.05) is 34.6 Å². The minimum Gasteiger partial charge on any atom is -0.478 e. The van der Waals surface area contributed by atoms with Crippen LogP contribution in [0, 0.1) is 20.8 Å². The lowest BCUT2D eigenvalue weighted by molar-refractivity contribution is 0.0695. The molecule has 6 heteroatoms. The van der Waals surface area contributed by atoms with E-state index in [0.717, 1.165) is 11.3 Å². The third kappa shape index (κ3) is 3.32. The minimum absolute atomic E-state index is 0.179. The number of nitrogens with zero attached hydrogens (tertiary/aromatic N) is 2. The highest BCUT2D eigenvalue weighted by atomic mass is 16.4. The van der Waals surface area contributed by atoms with Crippen LogP contribution in [0.3, 0.4) is 0 Å². The number of benzene rings is 1. The first-order valence-corrected chi connectivity index (χ1v) is 7.73. The zero-order valence-corrected chi connectivity index (χ0v) is 14.9. The third-order valence-corrected chi connectivity index (χ3v) is 3.94. The van der Waals surface area contributed by atoms with Gasteiger partial charge < -0.3 is 10.4 Å². The van der Waals surface area contributed by atoms with E-state index in [1.165, 1.54) is 12.3 Å². The van der Waals surface area contributed by atoms with Crippen LogP contribution in [0.25, 0.3) is 0 Å². The maximum atomic E-state index is 12.6. The number of amides is 1. The van der Waals surface area contributed by atoms with Gasteiger partial charge in [-0.3, -0.25) is 9.48 Å². The number of aromatic nitrogens is 2. The number of carbonyl (C=O) groups excluding carboxylic acids is 1. The Morgan fingerprint density at radius 2 is 1.71 bits per heavy atom. The van der Waals surface area contributed by atoms with E-state index in [4.69, 9.17) is 0 Å². The van der Waals surface area contributed by atoms with Crippen molar-refractivity contribution < 1.29 is 14.7 Å². The highest BCUT2D eigenvalue weighted by molar-refractivity contribution is 6.06. The summed E-state index contributed by atoms with van der Waals surface area (Å²) in [6.45, 7) is 11.4. The molecule has 0 spiro atoms. The fraction of sp³-hybridized carbons (Fsp3) is 0.389. The number of anilines is 1. The van der Waals surface area contributed by atoms with Gasteiger partial charge in [0.15, 0.2) is 0 Å². The largest absolute Gasteiger partial charge is 0.478 e. The molecule has 2 rings (SSSR count). The standard InChI is InChI=1S/C18H23N3O3/c1-10-7-11(2)15(8-13(10)17(23)24)20-16(22)14-9-19-21(12(14)3)18(4,5)6/h7-9H,1-6H3,(H,20,22)(H,23,24). The fourth-order valence-electron chi connectivity index (χ4n) is 2.72. The highest BCUT2D eigenvalue weighted by Gasteiger charge is 2.22. The molecule has 2 aromatic rings. The van der Waals surface area contributed by atoms with E-state index in [-0.39, 0.29) is 17.0 Å². The van der Waals surface area contributed by atoms with Crippen LogP contribution in [0.2, 0.25) is 0 Å². The quantitative estimate of drug-likeness (QED) is 0.902. The lowest BCUT2D eigenvalue weighted by Crippen LogP contribution is -2.25. The maximum absolute atomic E-state index is 12.6. The zero-order valence-electron chi connectivity index (χ0n) is 14.9. The molecule has 1 aromatic heterocycles. The Balaban J connectivity index is 2.36. The first kappa shape index (κ1) is 17.7. The molecular formula is C18H23N3O3. The molecule has 6 nitrogen and oxygen atoms in total. The maximum Gasteiger partial charge on any atom is 0.336 e. The van der Waals surface area contributed by atoms with Crippen LogP contribution >= 0.6 is 0 Å². The van der Waals surface area contributed by atoms with Crippen molar-refractivity contribution in [2.45, 2.75) is 47.1 Å². The molecule has 0 atom stereocenters. The molecule has 128 valence electrons. The van der Waals surface area contributed by atoms with Crippen molar-refractivity contribution in [3.8, 4) is 0 Å². The van der Waals surface area contributed by atoms with Crippen LogP contribution in [-0.4, -0.2) is 26.8 Å². The van der Waals surface area contributed by atoms with Gasteiger partial charge in [-0.05, 0) is 58.7 Å². The molecule has 0 aliphatic carbocycles. The molecule has 0 radical (unpaired) electrons. The summed E-state index contributed by atoms with van der Waals surface area (Å²) in [4.78, 5) is 23.9. The predicted molar refractivity (Wildman–Crippen MR) is 92.8 cm³/mol. The van der Waals surface area contributed by atoms with E-state index < -0.39 is 5.97 Å². The Bertz CT molecular complexity index is 814. The van der Waals surface area contributed by atoms with E-state index in [1.54, 1.807) is 17.7 Å². The predicted octanol–water partition coefficient (Wildman–Crippen LogP) is 3.51. The van der Waals surface area contributed by atoms with Crippen molar-refractivity contribution in [2.24, 2.45) is 0 Å². The number of carboxylic acids is 1. The van der Waals surface area contributed by atoms with Crippen LogP contribution in [0.1, 0.15) is 58.3 Å². The van der Waals surface area contributed by atoms with Gasteiger partial charge in [-0.15, -0.1) is 0 Å². The van der Waals surface area contributed by atoms with Gasteiger partial charge in [0.25, 0.3) is 5.91 Å². The summed E-state index contributed by atoms with van der Waals surface area (Å²) in [7, 11) is 0. The monoisotopic (exact) mass is 329 g/mol. The number of nitrogens with one attached hydrogen (secondary N) is 1. The molecule has 0 saturated heterocycles. The van der Waals surface area contributed by atoms with Crippen LogP contribution in [-0.2, 0) is 5.54 Å². The van der Waals surface area contributed by atoms with Crippen LogP contribution < -0.4 is 5.32 Å². The van der Waals surface area contributed by atoms with Crippen molar-refractivity contribution in [1.29, 1.82) is 0 Å². The van der Waals surface area contributed by atoms with Gasteiger partial charge in [0.1, 0.15) is 0 Å². The second-order valence-electron chi connectivity index (χ2n) is 6.97. The number of hydrogen-bond acceptors (Lipinski definition) is 3. The summed E-state index contributed by atoms with van der Waals surface area (Å²) in [6.07, 6.45) is 1.54. The van der Waals surface area contributed by atoms with Gasteiger partial charge >= 0.3 is 5.97 Å². The van der Waals surface area contributed by atoms with Crippen molar-refractivity contribution in [2.75, 3.05) is 5.32 Å². The Kier molecular flexibility index (Phi) is 4.51. The van der Waals surface area contributed by atoms with Crippen LogP contribution in [0.5, 0.6) is 0 Å². The Labute approximate surface area is 141 Å². The molecule has 2 N–H and O–H groups in total. The molecule has 0 fully saturated rings. The smallest absolute Gasteiger partial charge is 0.336 e. The molecule has 1 aromatic carbocycles. The molecule has 0 aliphatic heterocycles. The number of carbonyl (C=O) groups is 2. The first-order valence-electron chi connectivity index (χ1n) is 7.73. The number of hydrogen-bond donors (Lipinski definition) is 2. The normalized spacial score (nSPS) is 11.4. The Morgan fingerprint density at radius 1 is 1.08 bits per heavy atom. The molecule has 0 bridgehead atoms. The van der Waals surface area contributed by atoms with Crippen molar-refractivity contribution in [1.82, 2.24) is 9.78 Å². The molecule has 0 unspecified atom stereocenters. The van der Waals surface area contributed by atoms with Gasteiger partial charge in [0.05, 0.1) is 22.9 Å². The third-order valence-electron chi connectivity index (χ3n) is 3.94. The van der Waals surface area contributed by atoms with Gasteiger partial charge in [-0.2, -0.15) is 5.10 Å². The lowest BCUT2D eigenvalue weighted by atomic mass is 10.0. The second-order valence-corrected chi connectivity index (χ2v) is 6.97. The van der Waals surface area contributed by atoms with Crippen molar-refractivity contribution in [3.05, 3.63) is 46.3 Å². The van der Waals surface area contributed by atoms with Crippen LogP contribution in [0.15, 0.2) is 18.3 Å². The van der Waals surface area contributed by atoms with E-state index >= 15 is 0 Å². The highest BCUT2D eigenvalue weighted by Crippen LogP contribution is 2.23. The number of aromatic carboxylic acids is 1. The molecule has 1 amide bonds. The van der Waals surface area contributed by atoms with Crippen molar-refractivity contribution >= 4 is 17.6 Å².